The summed E-state index contributed by atoms with van der Waals surface area (Å²) in [5.74, 6) is 0. The van der Waals surface area contributed by atoms with E-state index in [2.05, 4.69) is 13.8 Å². The van der Waals surface area contributed by atoms with Crippen LogP contribution in [0, 0.1) is 0 Å². The van der Waals surface area contributed by atoms with E-state index < -0.39 is 0 Å². The molecular weight excluding hydrogens is 117 g/mol. The van der Waals surface area contributed by atoms with Crippen molar-refractivity contribution >= 4 is 0 Å². The molecule has 0 heterocycles. The third kappa shape index (κ3) is 10.9. The Hall–Kier alpha value is 0.870. The molecule has 0 aromatic carbocycles. The summed E-state index contributed by atoms with van der Waals surface area (Å²) in [6.45, 7) is 4.46. The molecule has 0 aliphatic carbocycles. The molecule has 0 N–H and O–H groups in total. The van der Waals surface area contributed by atoms with Gasteiger partial charge in [0, 0.05) is 25.8 Å². The molecule has 0 saturated carbocycles. The summed E-state index contributed by atoms with van der Waals surface area (Å²) < 4.78 is 0. The molecule has 0 atom stereocenters. The topological polar surface area (TPSA) is 0 Å². The van der Waals surface area contributed by atoms with E-state index in [4.69, 9.17) is 0 Å². The molecule has 0 aromatic heterocycles. The van der Waals surface area contributed by atoms with Gasteiger partial charge < -0.3 is 0 Å². The van der Waals surface area contributed by atoms with Crippen LogP contribution in [-0.2, 0) is 25.8 Å². The van der Waals surface area contributed by atoms with Crippen LogP contribution in [-0.4, -0.2) is 0 Å². The van der Waals surface area contributed by atoms with Gasteiger partial charge in [0.05, 0.1) is 0 Å². The zero-order valence-corrected chi connectivity index (χ0v) is 7.21. The largest absolute Gasteiger partial charge is 0.0654 e. The minimum Gasteiger partial charge on any atom is -0.0654 e. The molecule has 0 nitrogen and oxygen atoms in total. The van der Waals surface area contributed by atoms with Crippen molar-refractivity contribution in [1.82, 2.24) is 0 Å². The summed E-state index contributed by atoms with van der Waals surface area (Å²) in [7, 11) is 0. The molecule has 0 spiro atoms. The predicted molar refractivity (Wildman–Crippen MR) is 29.8 cm³/mol. The summed E-state index contributed by atoms with van der Waals surface area (Å²) in [5, 5.41) is 0. The molecular formula is C6H14Sc. The first-order chi connectivity index (χ1) is 2.91. The minimum absolute atomic E-state index is 0. The Kier molecular flexibility index (Phi) is 15.4. The summed E-state index contributed by atoms with van der Waals surface area (Å²) in [6.07, 6.45) is 5.54. The normalized spacial score (nSPS) is 7.71. The van der Waals surface area contributed by atoms with Crippen molar-refractivity contribution in [2.45, 2.75) is 39.5 Å². The zero-order chi connectivity index (χ0) is 4.83. The van der Waals surface area contributed by atoms with Crippen LogP contribution < -0.4 is 0 Å². The average Bonchev–Trinajstić information content (AvgIpc) is 1.61. The fourth-order valence-corrected chi connectivity index (χ4v) is 0.500. The van der Waals surface area contributed by atoms with Gasteiger partial charge in [-0.3, -0.25) is 0 Å². The van der Waals surface area contributed by atoms with Crippen molar-refractivity contribution in [3.63, 3.8) is 0 Å². The molecule has 1 heteroatoms. The maximum absolute atomic E-state index is 2.23. The van der Waals surface area contributed by atoms with Crippen molar-refractivity contribution in [3.05, 3.63) is 0 Å². The maximum atomic E-state index is 2.23. The molecule has 0 aromatic rings. The minimum atomic E-state index is 0. The molecule has 0 unspecified atom stereocenters. The Morgan fingerprint density at radius 3 is 1.29 bits per heavy atom. The summed E-state index contributed by atoms with van der Waals surface area (Å²) >= 11 is 0. The van der Waals surface area contributed by atoms with Crippen LogP contribution in [0.5, 0.6) is 0 Å². The van der Waals surface area contributed by atoms with E-state index in [1.807, 2.05) is 0 Å². The second-order valence-corrected chi connectivity index (χ2v) is 1.71. The quantitative estimate of drug-likeness (QED) is 0.516. The molecule has 0 bridgehead atoms. The van der Waals surface area contributed by atoms with Gasteiger partial charge in [-0.1, -0.05) is 39.5 Å². The van der Waals surface area contributed by atoms with E-state index in [1.54, 1.807) is 0 Å². The summed E-state index contributed by atoms with van der Waals surface area (Å²) in [6, 6.07) is 0. The number of hydrogen-bond donors (Lipinski definition) is 0. The third-order valence-corrected chi connectivity index (χ3v) is 0.957. The summed E-state index contributed by atoms with van der Waals surface area (Å²) in [4.78, 5) is 0. The summed E-state index contributed by atoms with van der Waals surface area (Å²) in [5.41, 5.74) is 0. The fraction of sp³-hybridized carbons (Fsp3) is 1.00. The second kappa shape index (κ2) is 9.98. The second-order valence-electron chi connectivity index (χ2n) is 1.71. The molecule has 0 aliphatic rings. The van der Waals surface area contributed by atoms with Crippen molar-refractivity contribution < 1.29 is 25.8 Å². The SMILES string of the molecule is CCCCCC.[Sc]. The van der Waals surface area contributed by atoms with Crippen LogP contribution >= 0.6 is 0 Å². The standard InChI is InChI=1S/C6H14.Sc/c1-3-5-6-4-2;/h3-6H2,1-2H3;. The third-order valence-electron chi connectivity index (χ3n) is 0.957. The Balaban J connectivity index is 0. The smallest absolute Gasteiger partial charge is 0 e. The number of hydrogen-bond acceptors (Lipinski definition) is 0. The average molecular weight is 131 g/mol. The van der Waals surface area contributed by atoms with E-state index in [-0.39, 0.29) is 25.8 Å². The molecule has 41 valence electrons. The molecule has 0 fully saturated rings. The van der Waals surface area contributed by atoms with Crippen LogP contribution in [0.1, 0.15) is 39.5 Å². The van der Waals surface area contributed by atoms with E-state index in [0.29, 0.717) is 0 Å². The van der Waals surface area contributed by atoms with Crippen LogP contribution in [0.15, 0.2) is 0 Å². The number of unbranched alkanes of at least 4 members (excludes halogenated alkanes) is 3. The van der Waals surface area contributed by atoms with E-state index in [1.165, 1.54) is 25.7 Å². The van der Waals surface area contributed by atoms with Crippen molar-refractivity contribution in [3.8, 4) is 0 Å². The van der Waals surface area contributed by atoms with E-state index in [9.17, 15) is 0 Å². The first-order valence-electron chi connectivity index (χ1n) is 2.91. The Bertz CT molecular complexity index is 16.1. The molecule has 0 rings (SSSR count). The zero-order valence-electron chi connectivity index (χ0n) is 5.41. The van der Waals surface area contributed by atoms with Gasteiger partial charge in [-0.05, 0) is 0 Å². The first-order valence-corrected chi connectivity index (χ1v) is 2.91. The molecule has 0 aliphatic heterocycles. The first kappa shape index (κ1) is 10.8. The monoisotopic (exact) mass is 131 g/mol. The molecule has 7 heavy (non-hydrogen) atoms. The van der Waals surface area contributed by atoms with Crippen LogP contribution in [0.25, 0.3) is 0 Å². The Morgan fingerprint density at radius 1 is 0.857 bits per heavy atom. The molecule has 1 radical (unpaired) electrons. The molecule has 0 amide bonds. The van der Waals surface area contributed by atoms with Gasteiger partial charge in [0.15, 0.2) is 0 Å². The molecule has 0 saturated heterocycles. The fourth-order valence-electron chi connectivity index (χ4n) is 0.500. The van der Waals surface area contributed by atoms with Gasteiger partial charge >= 0.3 is 0 Å². The van der Waals surface area contributed by atoms with Crippen LogP contribution in [0.3, 0.4) is 0 Å². The van der Waals surface area contributed by atoms with Crippen molar-refractivity contribution in [2.24, 2.45) is 0 Å². The Labute approximate surface area is 65.5 Å². The van der Waals surface area contributed by atoms with Crippen LogP contribution in [0.2, 0.25) is 0 Å². The van der Waals surface area contributed by atoms with Gasteiger partial charge in [0.25, 0.3) is 0 Å². The maximum Gasteiger partial charge on any atom is 0 e. The van der Waals surface area contributed by atoms with Gasteiger partial charge in [-0.25, -0.2) is 0 Å². The Morgan fingerprint density at radius 2 is 1.14 bits per heavy atom. The van der Waals surface area contributed by atoms with E-state index >= 15 is 0 Å². The van der Waals surface area contributed by atoms with Gasteiger partial charge in [-0.2, -0.15) is 0 Å². The number of rotatable bonds is 3. The van der Waals surface area contributed by atoms with Gasteiger partial charge in [0.1, 0.15) is 0 Å². The van der Waals surface area contributed by atoms with E-state index in [0.717, 1.165) is 0 Å². The van der Waals surface area contributed by atoms with Gasteiger partial charge in [-0.15, -0.1) is 0 Å². The van der Waals surface area contributed by atoms with Crippen molar-refractivity contribution in [1.29, 1.82) is 0 Å². The van der Waals surface area contributed by atoms with Crippen LogP contribution in [0.4, 0.5) is 0 Å². The predicted octanol–water partition coefficient (Wildman–Crippen LogP) is 2.58. The van der Waals surface area contributed by atoms with Crippen molar-refractivity contribution in [2.75, 3.05) is 0 Å². The van der Waals surface area contributed by atoms with Gasteiger partial charge in [0.2, 0.25) is 0 Å².